The second kappa shape index (κ2) is 31.4. The van der Waals surface area contributed by atoms with Crippen LogP contribution < -0.4 is 40.4 Å². The summed E-state index contributed by atoms with van der Waals surface area (Å²) in [5, 5.41) is 143. The highest BCUT2D eigenvalue weighted by atomic mass is 31.2. The number of carboxylic acid groups (broad SMARTS) is 2. The number of carbonyl (C=O) groups excluding carboxylic acids is 7. The molecule has 0 spiro atoms. The molecule has 4 fully saturated rings. The van der Waals surface area contributed by atoms with E-state index in [0.29, 0.717) is 0 Å². The number of hydrogen-bond acceptors (Lipinski definition) is 38. The number of aliphatic hydroxyl groups excluding tert-OH is 11. The highest BCUT2D eigenvalue weighted by Gasteiger charge is 2.59. The van der Waals surface area contributed by atoms with Gasteiger partial charge in [-0.15, -0.1) is 0 Å². The molecule has 0 aliphatic carbocycles. The minimum Gasteiger partial charge on any atom is -0.790 e. The van der Waals surface area contributed by atoms with Gasteiger partial charge in [-0.1, -0.05) is 0 Å². The Balaban J connectivity index is 1.89. The number of carboxylic acids is 2. The standard InChI is InChI=1S/C41H66N2O38P2/c44-5-1-22(53)42-26-34(75-24(55)2-6-45)30(59)20(73-37(26)81-83(67,68)69)13-71-36-27(43-23(54)4-8-70-15-49)35(76-25(56)3-7-46)33(80-82(64,65)66)21(74-36)14-72-40(38(60)61)10-19(29(58)32(78-40)18(52)12-48)77-41(39(62)63)9-16(50)28(57)31(79-41)17(51)11-47/h15-21,26-37,44-48,50-52,57-59H,1-14H2,(H,42,53)(H,43,54)(H,60,61)(H,62,63)(H2,64,65,66)(H2,67,68,69)/p-6/t16-,17-,18-,19-,20-,21-,26-,27-,28-,29-,30-,31-,32-,33-,34-,35-,36-,37-,40-,41-/m1/s1. The summed E-state index contributed by atoms with van der Waals surface area (Å²) in [5.74, 6) is -17.5. The average Bonchev–Trinajstić information content (AvgIpc) is 3.58. The van der Waals surface area contributed by atoms with E-state index in [2.05, 4.69) is 14.6 Å². The fraction of sp³-hybridized carbons (Fsp3) is 0.829. The van der Waals surface area contributed by atoms with Crippen molar-refractivity contribution in [3.05, 3.63) is 0 Å². The quantitative estimate of drug-likeness (QED) is 0.00978. The van der Waals surface area contributed by atoms with Crippen LogP contribution in [-0.2, 0) is 99.1 Å². The molecule has 2 amide bonds. The van der Waals surface area contributed by atoms with Crippen LogP contribution in [0.25, 0.3) is 0 Å². The predicted molar refractivity (Wildman–Crippen MR) is 235 cm³/mol. The molecule has 0 radical (unpaired) electrons. The van der Waals surface area contributed by atoms with Crippen LogP contribution in [0.15, 0.2) is 0 Å². The zero-order valence-electron chi connectivity index (χ0n) is 42.7. The van der Waals surface area contributed by atoms with Gasteiger partial charge in [-0.2, -0.15) is 0 Å². The second-order valence-electron chi connectivity index (χ2n) is 18.4. The Kier molecular flexibility index (Phi) is 27.0. The van der Waals surface area contributed by atoms with Crippen molar-refractivity contribution >= 4 is 57.8 Å². The molecule has 4 rings (SSSR count). The van der Waals surface area contributed by atoms with Crippen molar-refractivity contribution in [3.8, 4) is 0 Å². The lowest BCUT2D eigenvalue weighted by molar-refractivity contribution is -0.420. The normalized spacial score (nSPS) is 34.8. The van der Waals surface area contributed by atoms with Crippen LogP contribution in [0.2, 0.25) is 0 Å². The van der Waals surface area contributed by atoms with Gasteiger partial charge in [0.2, 0.25) is 23.4 Å². The Hall–Kier alpha value is -4.21. The zero-order valence-corrected chi connectivity index (χ0v) is 44.5. The molecule has 20 atom stereocenters. The molecule has 0 aromatic rings. The molecule has 0 saturated carbocycles. The molecule has 0 aromatic heterocycles. The van der Waals surface area contributed by atoms with E-state index in [0.717, 1.165) is 0 Å². The van der Waals surface area contributed by atoms with Crippen LogP contribution in [0, 0.1) is 0 Å². The van der Waals surface area contributed by atoms with Crippen molar-refractivity contribution in [2.75, 3.05) is 52.9 Å². The summed E-state index contributed by atoms with van der Waals surface area (Å²) in [6.45, 7) is -9.40. The summed E-state index contributed by atoms with van der Waals surface area (Å²) < 4.78 is 87.5. The summed E-state index contributed by atoms with van der Waals surface area (Å²) in [6, 6.07) is -4.50. The van der Waals surface area contributed by atoms with Crippen LogP contribution in [0.4, 0.5) is 0 Å². The third-order valence-corrected chi connectivity index (χ3v) is 13.5. The maximum absolute atomic E-state index is 13.4. The Morgan fingerprint density at radius 3 is 1.65 bits per heavy atom. The maximum Gasteiger partial charge on any atom is 0.308 e. The van der Waals surface area contributed by atoms with E-state index in [1.54, 1.807) is 0 Å². The van der Waals surface area contributed by atoms with Gasteiger partial charge in [-0.05, 0) is 0 Å². The Labute approximate surface area is 466 Å². The minimum absolute atomic E-state index is 0.114. The maximum atomic E-state index is 13.4. The van der Waals surface area contributed by atoms with Gasteiger partial charge in [0.1, 0.15) is 85.1 Å². The monoisotopic (exact) mass is 1250 g/mol. The molecular weight excluding hydrogens is 1190 g/mol. The molecular formula is C41H60N2O38P2-6. The van der Waals surface area contributed by atoms with Crippen LogP contribution >= 0.6 is 15.6 Å². The van der Waals surface area contributed by atoms with Gasteiger partial charge in [0.25, 0.3) is 6.47 Å². The summed E-state index contributed by atoms with van der Waals surface area (Å²) >= 11 is 0. The summed E-state index contributed by atoms with van der Waals surface area (Å²) in [6.07, 6.45) is -45.2. The first-order chi connectivity index (χ1) is 38.8. The van der Waals surface area contributed by atoms with E-state index in [1.165, 1.54) is 0 Å². The zero-order chi connectivity index (χ0) is 62.4. The topological polar surface area (TPSA) is 649 Å². The molecule has 0 bridgehead atoms. The summed E-state index contributed by atoms with van der Waals surface area (Å²) in [7, 11) is -12.8. The SMILES string of the molecule is O=COCCC(=O)N[C@H]1[C@H](OC[C@H]2O[C@H](OP(=O)([O-])[O-])[C@H](NC(=O)CCO)[C@@H](OC(=O)CCO)[C@@H]2O)O[C@H](CO[C@]2(C(=O)[O-])C[C@@H](O[C@]3(C(=O)[O-])C[C@@H](O)[C@@H](O)[C@@H]([C@H](O)CO)O3)[C@@H](O)[C@@H]([C@H](O)CO)O2)[C@@H](OP(=O)([O-])[O-])[C@@H]1OC(=O)CCO. The highest BCUT2D eigenvalue weighted by Crippen LogP contribution is 2.42. The number of rotatable bonds is 32. The first kappa shape index (κ1) is 71.3. The lowest BCUT2D eigenvalue weighted by atomic mass is 9.90. The van der Waals surface area contributed by atoms with E-state index in [4.69, 9.17) is 47.2 Å². The van der Waals surface area contributed by atoms with Crippen molar-refractivity contribution in [2.45, 2.75) is 160 Å². The van der Waals surface area contributed by atoms with Gasteiger partial charge in [0.05, 0.1) is 100.0 Å². The average molecular weight is 1250 g/mol. The lowest BCUT2D eigenvalue weighted by Gasteiger charge is -2.53. The van der Waals surface area contributed by atoms with Gasteiger partial charge in [-0.3, -0.25) is 24.0 Å². The van der Waals surface area contributed by atoms with E-state index >= 15 is 0 Å². The molecule has 478 valence electrons. The number of hydrogen-bond donors (Lipinski definition) is 13. The highest BCUT2D eigenvalue weighted by molar-refractivity contribution is 7.43. The van der Waals surface area contributed by atoms with Crippen molar-refractivity contribution in [1.29, 1.82) is 0 Å². The number of phosphoric acid groups is 2. The van der Waals surface area contributed by atoms with E-state index in [-0.39, 0.29) is 6.47 Å². The molecule has 4 aliphatic heterocycles. The van der Waals surface area contributed by atoms with Crippen LogP contribution in [0.1, 0.15) is 38.5 Å². The largest absolute Gasteiger partial charge is 0.790 e. The molecule has 0 unspecified atom stereocenters. The van der Waals surface area contributed by atoms with E-state index < -0.39 is 264 Å². The van der Waals surface area contributed by atoms with E-state index in [9.17, 15) is 129 Å². The predicted octanol–water partition coefficient (Wildman–Crippen LogP) is -16.0. The lowest BCUT2D eigenvalue weighted by Crippen LogP contribution is -2.71. The number of ether oxygens (including phenoxy) is 10. The third kappa shape index (κ3) is 19.4. The van der Waals surface area contributed by atoms with Crippen LogP contribution in [0.3, 0.4) is 0 Å². The third-order valence-electron chi connectivity index (χ3n) is 12.5. The van der Waals surface area contributed by atoms with Gasteiger partial charge in [-0.25, -0.2) is 0 Å². The molecule has 40 nitrogen and oxygen atoms in total. The van der Waals surface area contributed by atoms with Crippen molar-refractivity contribution in [1.82, 2.24) is 10.6 Å². The van der Waals surface area contributed by atoms with Crippen LogP contribution in [-0.4, -0.2) is 273 Å². The number of esters is 2. The first-order valence-corrected chi connectivity index (χ1v) is 27.4. The summed E-state index contributed by atoms with van der Waals surface area (Å²) in [4.78, 5) is 138. The fourth-order valence-electron chi connectivity index (χ4n) is 8.74. The molecule has 0 aromatic carbocycles. The first-order valence-electron chi connectivity index (χ1n) is 24.4. The fourth-order valence-corrected chi connectivity index (χ4v) is 9.73. The van der Waals surface area contributed by atoms with Crippen molar-refractivity contribution in [3.63, 3.8) is 0 Å². The van der Waals surface area contributed by atoms with Crippen LogP contribution in [0.5, 0.6) is 0 Å². The molecule has 4 saturated heterocycles. The Bertz CT molecular complexity index is 2280. The molecule has 83 heavy (non-hydrogen) atoms. The number of carbonyl (C=O) groups is 7. The molecule has 4 heterocycles. The minimum atomic E-state index is -6.53. The van der Waals surface area contributed by atoms with Gasteiger partial charge in [0.15, 0.2) is 24.8 Å². The smallest absolute Gasteiger partial charge is 0.308 e. The van der Waals surface area contributed by atoms with E-state index in [1.807, 2.05) is 5.32 Å². The molecule has 13 N–H and O–H groups in total. The van der Waals surface area contributed by atoms with Gasteiger partial charge >= 0.3 is 11.9 Å². The number of aliphatic hydroxyl groups is 11. The number of nitrogens with one attached hydrogen (secondary N) is 2. The molecule has 42 heteroatoms. The second-order valence-corrected chi connectivity index (χ2v) is 20.6. The van der Waals surface area contributed by atoms with Crippen molar-refractivity contribution < 1.29 is 185 Å². The van der Waals surface area contributed by atoms with Crippen molar-refractivity contribution in [2.24, 2.45) is 0 Å². The molecule has 4 aliphatic rings. The number of phosphoric ester groups is 2. The summed E-state index contributed by atoms with van der Waals surface area (Å²) in [5.41, 5.74) is 0. The van der Waals surface area contributed by atoms with Gasteiger partial charge in [0, 0.05) is 19.3 Å². The number of amides is 2. The Morgan fingerprint density at radius 1 is 0.627 bits per heavy atom. The Morgan fingerprint density at radius 2 is 1.13 bits per heavy atom. The number of aliphatic carboxylic acids is 2. The van der Waals surface area contributed by atoms with Gasteiger partial charge < -0.3 is 172 Å².